The van der Waals surface area contributed by atoms with Gasteiger partial charge in [-0.05, 0) is 13.0 Å². The molecule has 0 amide bonds. The molecule has 0 aromatic heterocycles. The number of nitrogens with zero attached hydrogens (tertiary/aromatic N) is 2. The smallest absolute Gasteiger partial charge is 0.0961 e. The van der Waals surface area contributed by atoms with Crippen LogP contribution < -0.4 is 0 Å². The van der Waals surface area contributed by atoms with Gasteiger partial charge in [-0.25, -0.2) is 0 Å². The molecule has 1 aliphatic heterocycles. The van der Waals surface area contributed by atoms with Gasteiger partial charge >= 0.3 is 0 Å². The van der Waals surface area contributed by atoms with Gasteiger partial charge in [0.2, 0.25) is 0 Å². The molecule has 0 atom stereocenters. The van der Waals surface area contributed by atoms with Crippen molar-refractivity contribution in [2.24, 2.45) is 5.92 Å². The summed E-state index contributed by atoms with van der Waals surface area (Å²) in [6.07, 6.45) is 0.920. The van der Waals surface area contributed by atoms with Gasteiger partial charge < -0.3 is 9.80 Å². The number of hydrogen-bond acceptors (Lipinski definition) is 2. The van der Waals surface area contributed by atoms with Crippen molar-refractivity contribution in [1.29, 1.82) is 5.41 Å². The van der Waals surface area contributed by atoms with Crippen molar-refractivity contribution in [3.05, 3.63) is 0 Å². The Morgan fingerprint density at radius 1 is 1.23 bits per heavy atom. The maximum Gasteiger partial charge on any atom is 0.0961 e. The molecule has 0 aromatic rings. The average Bonchev–Trinajstić information content (AvgIpc) is 2.04. The van der Waals surface area contributed by atoms with Gasteiger partial charge in [0.05, 0.1) is 5.84 Å². The quantitative estimate of drug-likeness (QED) is 0.516. The fourth-order valence-electron chi connectivity index (χ4n) is 1.59. The van der Waals surface area contributed by atoms with Crippen LogP contribution in [0.5, 0.6) is 0 Å². The van der Waals surface area contributed by atoms with Crippen LogP contribution >= 0.6 is 0 Å². The summed E-state index contributed by atoms with van der Waals surface area (Å²) in [7, 11) is 2.14. The van der Waals surface area contributed by atoms with Gasteiger partial charge in [0.15, 0.2) is 0 Å². The molecule has 0 saturated carbocycles. The summed E-state index contributed by atoms with van der Waals surface area (Å²) < 4.78 is 0. The minimum atomic E-state index is 0.604. The maximum absolute atomic E-state index is 7.89. The molecule has 0 aromatic carbocycles. The van der Waals surface area contributed by atoms with Crippen molar-refractivity contribution in [1.82, 2.24) is 9.80 Å². The first kappa shape index (κ1) is 10.5. The van der Waals surface area contributed by atoms with Crippen molar-refractivity contribution >= 4 is 5.84 Å². The van der Waals surface area contributed by atoms with E-state index in [4.69, 9.17) is 5.41 Å². The highest BCUT2D eigenvalue weighted by Crippen LogP contribution is 2.07. The average molecular weight is 183 g/mol. The molecule has 0 unspecified atom stereocenters. The Hall–Kier alpha value is -0.570. The van der Waals surface area contributed by atoms with Crippen LogP contribution in [0.4, 0.5) is 0 Å². The summed E-state index contributed by atoms with van der Waals surface area (Å²) in [5, 5.41) is 7.89. The first-order valence-corrected chi connectivity index (χ1v) is 5.10. The number of piperazine rings is 1. The monoisotopic (exact) mass is 183 g/mol. The van der Waals surface area contributed by atoms with Gasteiger partial charge in [0, 0.05) is 32.6 Å². The normalized spacial score (nSPS) is 19.5. The molecule has 1 fully saturated rings. The molecule has 76 valence electrons. The topological polar surface area (TPSA) is 30.3 Å². The summed E-state index contributed by atoms with van der Waals surface area (Å²) in [6, 6.07) is 0. The van der Waals surface area contributed by atoms with Crippen LogP contribution in [0.25, 0.3) is 0 Å². The van der Waals surface area contributed by atoms with Crippen LogP contribution in [-0.4, -0.2) is 48.9 Å². The van der Waals surface area contributed by atoms with E-state index >= 15 is 0 Å². The SMILES string of the molecule is CC(C)CC(=N)N1CCN(C)CC1. The minimum absolute atomic E-state index is 0.604. The highest BCUT2D eigenvalue weighted by molar-refractivity contribution is 5.79. The van der Waals surface area contributed by atoms with Crippen molar-refractivity contribution in [2.45, 2.75) is 20.3 Å². The second-order valence-electron chi connectivity index (χ2n) is 4.33. The molecular formula is C10H21N3. The van der Waals surface area contributed by atoms with E-state index in [1.807, 2.05) is 0 Å². The van der Waals surface area contributed by atoms with Crippen LogP contribution in [-0.2, 0) is 0 Å². The highest BCUT2D eigenvalue weighted by Gasteiger charge is 2.16. The van der Waals surface area contributed by atoms with Gasteiger partial charge in [0.25, 0.3) is 0 Å². The fourth-order valence-corrected chi connectivity index (χ4v) is 1.59. The zero-order valence-corrected chi connectivity index (χ0v) is 9.01. The summed E-state index contributed by atoms with van der Waals surface area (Å²) in [5.74, 6) is 1.43. The molecular weight excluding hydrogens is 162 g/mol. The Morgan fingerprint density at radius 2 is 1.77 bits per heavy atom. The van der Waals surface area contributed by atoms with Crippen LogP contribution in [0.1, 0.15) is 20.3 Å². The molecule has 1 heterocycles. The molecule has 1 saturated heterocycles. The Morgan fingerprint density at radius 3 is 2.23 bits per heavy atom. The van der Waals surface area contributed by atoms with Gasteiger partial charge in [-0.2, -0.15) is 0 Å². The number of amidine groups is 1. The van der Waals surface area contributed by atoms with Gasteiger partial charge in [-0.15, -0.1) is 0 Å². The fraction of sp³-hybridized carbons (Fsp3) is 0.900. The zero-order chi connectivity index (χ0) is 9.84. The van der Waals surface area contributed by atoms with Crippen molar-refractivity contribution < 1.29 is 0 Å². The van der Waals surface area contributed by atoms with E-state index < -0.39 is 0 Å². The maximum atomic E-state index is 7.89. The van der Waals surface area contributed by atoms with E-state index in [1.165, 1.54) is 0 Å². The summed E-state index contributed by atoms with van der Waals surface area (Å²) in [5.41, 5.74) is 0. The molecule has 0 spiro atoms. The third-order valence-corrected chi connectivity index (χ3v) is 2.49. The minimum Gasteiger partial charge on any atom is -0.358 e. The van der Waals surface area contributed by atoms with Crippen LogP contribution in [0.3, 0.4) is 0 Å². The summed E-state index contributed by atoms with van der Waals surface area (Å²) >= 11 is 0. The Labute approximate surface area is 81.2 Å². The lowest BCUT2D eigenvalue weighted by Gasteiger charge is -2.34. The lowest BCUT2D eigenvalue weighted by atomic mass is 10.1. The number of hydrogen-bond donors (Lipinski definition) is 1. The predicted molar refractivity (Wildman–Crippen MR) is 56.3 cm³/mol. The van der Waals surface area contributed by atoms with Crippen LogP contribution in [0.15, 0.2) is 0 Å². The second-order valence-corrected chi connectivity index (χ2v) is 4.33. The lowest BCUT2D eigenvalue weighted by Crippen LogP contribution is -2.47. The van der Waals surface area contributed by atoms with E-state index in [2.05, 4.69) is 30.7 Å². The van der Waals surface area contributed by atoms with Gasteiger partial charge in [-0.3, -0.25) is 5.41 Å². The van der Waals surface area contributed by atoms with E-state index in [0.717, 1.165) is 38.4 Å². The second kappa shape index (κ2) is 4.61. The van der Waals surface area contributed by atoms with Crippen molar-refractivity contribution in [3.8, 4) is 0 Å². The van der Waals surface area contributed by atoms with Crippen molar-refractivity contribution in [2.75, 3.05) is 33.2 Å². The van der Waals surface area contributed by atoms with Crippen LogP contribution in [0, 0.1) is 11.3 Å². The molecule has 13 heavy (non-hydrogen) atoms. The molecule has 0 bridgehead atoms. The highest BCUT2D eigenvalue weighted by atomic mass is 15.3. The van der Waals surface area contributed by atoms with E-state index in [-0.39, 0.29) is 0 Å². The Kier molecular flexibility index (Phi) is 3.72. The molecule has 0 radical (unpaired) electrons. The molecule has 0 aliphatic carbocycles. The van der Waals surface area contributed by atoms with Gasteiger partial charge in [-0.1, -0.05) is 13.8 Å². The standard InChI is InChI=1S/C10H21N3/c1-9(2)8-10(11)13-6-4-12(3)5-7-13/h9,11H,4-8H2,1-3H3. The number of nitrogens with one attached hydrogen (secondary N) is 1. The largest absolute Gasteiger partial charge is 0.358 e. The predicted octanol–water partition coefficient (Wildman–Crippen LogP) is 1.26. The molecule has 3 nitrogen and oxygen atoms in total. The van der Waals surface area contributed by atoms with E-state index in [0.29, 0.717) is 5.92 Å². The first-order valence-electron chi connectivity index (χ1n) is 5.10. The van der Waals surface area contributed by atoms with E-state index in [1.54, 1.807) is 0 Å². The Bertz CT molecular complexity index is 169. The number of likely N-dealkylation sites (N-methyl/N-ethyl adjacent to an activating group) is 1. The molecule has 3 heteroatoms. The summed E-state index contributed by atoms with van der Waals surface area (Å²) in [4.78, 5) is 4.53. The lowest BCUT2D eigenvalue weighted by molar-refractivity contribution is 0.211. The molecule has 1 N–H and O–H groups in total. The molecule has 1 aliphatic rings. The number of rotatable bonds is 2. The van der Waals surface area contributed by atoms with Gasteiger partial charge in [0.1, 0.15) is 0 Å². The van der Waals surface area contributed by atoms with Crippen LogP contribution in [0.2, 0.25) is 0 Å². The van der Waals surface area contributed by atoms with E-state index in [9.17, 15) is 0 Å². The third-order valence-electron chi connectivity index (χ3n) is 2.49. The third kappa shape index (κ3) is 3.35. The van der Waals surface area contributed by atoms with Crippen molar-refractivity contribution in [3.63, 3.8) is 0 Å². The Balaban J connectivity index is 2.31. The zero-order valence-electron chi connectivity index (χ0n) is 9.01. The molecule has 1 rings (SSSR count). The first-order chi connectivity index (χ1) is 6.09. The summed E-state index contributed by atoms with van der Waals surface area (Å²) in [6.45, 7) is 8.60.